The first-order valence-corrected chi connectivity index (χ1v) is 8.75. The Morgan fingerprint density at radius 3 is 2.67 bits per heavy atom. The van der Waals surface area contributed by atoms with Crippen LogP contribution in [-0.4, -0.2) is 33.6 Å². The smallest absolute Gasteiger partial charge is 0.0723 e. The molecular formula is C18H28O3. The van der Waals surface area contributed by atoms with Crippen molar-refractivity contribution < 1.29 is 15.3 Å². The zero-order chi connectivity index (χ0) is 14.8. The normalized spacial score (nSPS) is 56.2. The fourth-order valence-electron chi connectivity index (χ4n) is 6.30. The standard InChI is InChI=1S/C18H28O3/c1-18-7-6-13-12-3-2-11(19)8-10(12)9-15(20)17(13)14(18)4-5-16(18)21/h8,11-17,19-21H,2-7,9H2,1H3/t11-,12+,13-,14+,15+,16+,17-,18+/m1/s1. The molecule has 3 saturated carbocycles. The van der Waals surface area contributed by atoms with Crippen LogP contribution in [0.1, 0.15) is 51.9 Å². The first kappa shape index (κ1) is 14.2. The van der Waals surface area contributed by atoms with Gasteiger partial charge in [0.15, 0.2) is 0 Å². The largest absolute Gasteiger partial charge is 0.393 e. The summed E-state index contributed by atoms with van der Waals surface area (Å²) in [6.07, 6.45) is 8.15. The Hall–Kier alpha value is -0.380. The summed E-state index contributed by atoms with van der Waals surface area (Å²) in [4.78, 5) is 0. The van der Waals surface area contributed by atoms with Crippen molar-refractivity contribution in [3.63, 3.8) is 0 Å². The van der Waals surface area contributed by atoms with Crippen LogP contribution in [0.5, 0.6) is 0 Å². The van der Waals surface area contributed by atoms with E-state index in [2.05, 4.69) is 6.92 Å². The fraction of sp³-hybridized carbons (Fsp3) is 0.889. The Kier molecular flexibility index (Phi) is 3.26. The molecule has 3 nitrogen and oxygen atoms in total. The van der Waals surface area contributed by atoms with Crippen molar-refractivity contribution in [1.82, 2.24) is 0 Å². The molecule has 0 aromatic rings. The van der Waals surface area contributed by atoms with E-state index < -0.39 is 0 Å². The van der Waals surface area contributed by atoms with Gasteiger partial charge in [-0.2, -0.15) is 0 Å². The van der Waals surface area contributed by atoms with E-state index in [1.165, 1.54) is 5.57 Å². The van der Waals surface area contributed by atoms with Gasteiger partial charge >= 0.3 is 0 Å². The highest BCUT2D eigenvalue weighted by atomic mass is 16.3. The molecule has 3 heteroatoms. The molecule has 0 spiro atoms. The van der Waals surface area contributed by atoms with Gasteiger partial charge in [0.25, 0.3) is 0 Å². The van der Waals surface area contributed by atoms with E-state index in [4.69, 9.17) is 0 Å². The highest BCUT2D eigenvalue weighted by Gasteiger charge is 2.58. The lowest BCUT2D eigenvalue weighted by Crippen LogP contribution is -2.52. The summed E-state index contributed by atoms with van der Waals surface area (Å²) < 4.78 is 0. The maximum atomic E-state index is 10.8. The molecule has 0 aliphatic heterocycles. The minimum atomic E-state index is -0.304. The number of rotatable bonds is 0. The van der Waals surface area contributed by atoms with E-state index in [9.17, 15) is 15.3 Å². The number of hydrogen-bond donors (Lipinski definition) is 3. The van der Waals surface area contributed by atoms with E-state index in [1.54, 1.807) is 0 Å². The van der Waals surface area contributed by atoms with Crippen molar-refractivity contribution in [3.05, 3.63) is 11.6 Å². The molecule has 4 aliphatic carbocycles. The summed E-state index contributed by atoms with van der Waals surface area (Å²) in [5.74, 6) is 1.98. The second kappa shape index (κ2) is 4.81. The van der Waals surface area contributed by atoms with E-state index in [0.717, 1.165) is 44.9 Å². The molecule has 0 heterocycles. The van der Waals surface area contributed by atoms with Gasteiger partial charge in [0.1, 0.15) is 0 Å². The molecular weight excluding hydrogens is 264 g/mol. The summed E-state index contributed by atoms with van der Waals surface area (Å²) in [6.45, 7) is 2.24. The quantitative estimate of drug-likeness (QED) is 0.600. The molecule has 0 amide bonds. The van der Waals surface area contributed by atoms with Crippen LogP contribution in [-0.2, 0) is 0 Å². The number of aliphatic hydroxyl groups excluding tert-OH is 3. The van der Waals surface area contributed by atoms with Crippen molar-refractivity contribution >= 4 is 0 Å². The molecule has 0 aromatic heterocycles. The Balaban J connectivity index is 1.67. The summed E-state index contributed by atoms with van der Waals surface area (Å²) in [5.41, 5.74) is 1.34. The van der Waals surface area contributed by atoms with Gasteiger partial charge in [-0.15, -0.1) is 0 Å². The second-order valence-corrected chi connectivity index (χ2v) is 8.25. The van der Waals surface area contributed by atoms with Crippen molar-refractivity contribution in [1.29, 1.82) is 0 Å². The maximum Gasteiger partial charge on any atom is 0.0723 e. The zero-order valence-electron chi connectivity index (χ0n) is 12.9. The van der Waals surface area contributed by atoms with Crippen LogP contribution in [0.3, 0.4) is 0 Å². The summed E-state index contributed by atoms with van der Waals surface area (Å²) in [7, 11) is 0. The first-order chi connectivity index (χ1) is 10.0. The SMILES string of the molecule is C[C@]12CC[C@H]3[C@@H]([C@@H](O)CC4=C[C@H](O)CC[C@@H]43)[C@@H]1CC[C@@H]2O. The molecule has 0 radical (unpaired) electrons. The topological polar surface area (TPSA) is 60.7 Å². The molecule has 4 rings (SSSR count). The van der Waals surface area contributed by atoms with Crippen molar-refractivity contribution in [3.8, 4) is 0 Å². The van der Waals surface area contributed by atoms with Gasteiger partial charge in [-0.1, -0.05) is 18.6 Å². The fourth-order valence-corrected chi connectivity index (χ4v) is 6.30. The van der Waals surface area contributed by atoms with Gasteiger partial charge in [-0.3, -0.25) is 0 Å². The van der Waals surface area contributed by atoms with Gasteiger partial charge in [0.05, 0.1) is 18.3 Å². The molecule has 3 fully saturated rings. The minimum Gasteiger partial charge on any atom is -0.393 e. The van der Waals surface area contributed by atoms with Gasteiger partial charge in [-0.05, 0) is 74.0 Å². The van der Waals surface area contributed by atoms with Gasteiger partial charge in [-0.25, -0.2) is 0 Å². The van der Waals surface area contributed by atoms with Crippen molar-refractivity contribution in [2.45, 2.75) is 70.2 Å². The Labute approximate surface area is 127 Å². The van der Waals surface area contributed by atoms with Crippen LogP contribution in [0.15, 0.2) is 11.6 Å². The highest BCUT2D eigenvalue weighted by molar-refractivity contribution is 5.22. The number of fused-ring (bicyclic) bond motifs is 5. The second-order valence-electron chi connectivity index (χ2n) is 8.25. The lowest BCUT2D eigenvalue weighted by molar-refractivity contribution is -0.100. The Bertz CT molecular complexity index is 459. The number of aliphatic hydroxyl groups is 3. The summed E-state index contributed by atoms with van der Waals surface area (Å²) >= 11 is 0. The van der Waals surface area contributed by atoms with Crippen LogP contribution in [0, 0.1) is 29.1 Å². The summed E-state index contributed by atoms with van der Waals surface area (Å²) in [5, 5.41) is 31.0. The van der Waals surface area contributed by atoms with E-state index >= 15 is 0 Å². The van der Waals surface area contributed by atoms with Crippen LogP contribution in [0.4, 0.5) is 0 Å². The van der Waals surface area contributed by atoms with Gasteiger partial charge < -0.3 is 15.3 Å². The van der Waals surface area contributed by atoms with E-state index in [1.807, 2.05) is 6.08 Å². The zero-order valence-corrected chi connectivity index (χ0v) is 12.9. The monoisotopic (exact) mass is 292 g/mol. The first-order valence-electron chi connectivity index (χ1n) is 8.75. The third-order valence-corrected chi connectivity index (χ3v) is 7.40. The average Bonchev–Trinajstić information content (AvgIpc) is 2.74. The molecule has 0 unspecified atom stereocenters. The molecule has 0 aromatic carbocycles. The third kappa shape index (κ3) is 1.97. The highest BCUT2D eigenvalue weighted by Crippen LogP contribution is 2.61. The number of hydrogen-bond acceptors (Lipinski definition) is 3. The molecule has 0 bridgehead atoms. The van der Waals surface area contributed by atoms with Crippen LogP contribution >= 0.6 is 0 Å². The molecule has 8 atom stereocenters. The van der Waals surface area contributed by atoms with Crippen molar-refractivity contribution in [2.75, 3.05) is 0 Å². The van der Waals surface area contributed by atoms with Crippen LogP contribution in [0.25, 0.3) is 0 Å². The minimum absolute atomic E-state index is 0.0253. The third-order valence-electron chi connectivity index (χ3n) is 7.40. The van der Waals surface area contributed by atoms with Crippen LogP contribution < -0.4 is 0 Å². The lowest BCUT2D eigenvalue weighted by Gasteiger charge is -2.55. The predicted octanol–water partition coefficient (Wildman–Crippen LogP) is 2.25. The predicted molar refractivity (Wildman–Crippen MR) is 80.5 cm³/mol. The molecule has 0 saturated heterocycles. The lowest BCUT2D eigenvalue weighted by atomic mass is 9.51. The molecule has 118 valence electrons. The Morgan fingerprint density at radius 1 is 1.05 bits per heavy atom. The maximum absolute atomic E-state index is 10.8. The molecule has 3 N–H and O–H groups in total. The van der Waals surface area contributed by atoms with Crippen LogP contribution in [0.2, 0.25) is 0 Å². The van der Waals surface area contributed by atoms with Gasteiger partial charge in [0.2, 0.25) is 0 Å². The van der Waals surface area contributed by atoms with Gasteiger partial charge in [0, 0.05) is 0 Å². The summed E-state index contributed by atoms with van der Waals surface area (Å²) in [6, 6.07) is 0. The average molecular weight is 292 g/mol. The van der Waals surface area contributed by atoms with Crippen molar-refractivity contribution in [2.24, 2.45) is 29.1 Å². The van der Waals surface area contributed by atoms with E-state index in [0.29, 0.717) is 23.7 Å². The Morgan fingerprint density at radius 2 is 1.86 bits per heavy atom. The molecule has 21 heavy (non-hydrogen) atoms. The van der Waals surface area contributed by atoms with E-state index in [-0.39, 0.29) is 23.7 Å². The molecule has 4 aliphatic rings.